The van der Waals surface area contributed by atoms with Crippen LogP contribution in [0.25, 0.3) is 0 Å². The van der Waals surface area contributed by atoms with Crippen molar-refractivity contribution in [2.75, 3.05) is 19.7 Å². The summed E-state index contributed by atoms with van der Waals surface area (Å²) in [7, 11) is 0. The zero-order chi connectivity index (χ0) is 16.3. The molecule has 0 bridgehead atoms. The van der Waals surface area contributed by atoms with E-state index < -0.39 is 18.5 Å². The molecule has 1 aromatic rings. The van der Waals surface area contributed by atoms with E-state index in [1.54, 1.807) is 4.90 Å². The molecule has 124 valence electrons. The highest BCUT2D eigenvalue weighted by atomic mass is 19.4. The predicted molar refractivity (Wildman–Crippen MR) is 73.0 cm³/mol. The molecule has 1 N–H and O–H groups in total. The summed E-state index contributed by atoms with van der Waals surface area (Å²) in [6.45, 7) is 2.79. The van der Waals surface area contributed by atoms with Gasteiger partial charge in [0.2, 0.25) is 5.91 Å². The van der Waals surface area contributed by atoms with Crippen LogP contribution in [-0.4, -0.2) is 45.4 Å². The van der Waals surface area contributed by atoms with Crippen LogP contribution in [0.3, 0.4) is 0 Å². The maximum absolute atomic E-state index is 12.9. The highest BCUT2D eigenvalue weighted by Gasteiger charge is 2.37. The van der Waals surface area contributed by atoms with Gasteiger partial charge in [0.25, 0.3) is 0 Å². The minimum absolute atomic E-state index is 0.0879. The maximum atomic E-state index is 12.9. The van der Waals surface area contributed by atoms with Gasteiger partial charge < -0.3 is 10.0 Å². The number of likely N-dealkylation sites (tertiary alicyclic amines) is 1. The molecule has 0 aliphatic carbocycles. The minimum atomic E-state index is -4.58. The zero-order valence-corrected chi connectivity index (χ0v) is 12.4. The Bertz CT molecular complexity index is 520. The van der Waals surface area contributed by atoms with Gasteiger partial charge in [0.1, 0.15) is 6.54 Å². The van der Waals surface area contributed by atoms with Crippen molar-refractivity contribution >= 4 is 5.91 Å². The number of hydrogen-bond acceptors (Lipinski definition) is 3. The van der Waals surface area contributed by atoms with Gasteiger partial charge in [-0.05, 0) is 25.2 Å². The number of carbonyl (C=O) groups is 1. The summed E-state index contributed by atoms with van der Waals surface area (Å²) < 4.78 is 39.6. The highest BCUT2D eigenvalue weighted by molar-refractivity contribution is 5.76. The van der Waals surface area contributed by atoms with Crippen LogP contribution in [0.4, 0.5) is 13.2 Å². The molecule has 2 rings (SSSR count). The van der Waals surface area contributed by atoms with Crippen molar-refractivity contribution in [2.24, 2.45) is 5.92 Å². The summed E-state index contributed by atoms with van der Waals surface area (Å²) in [5.41, 5.74) is -1.11. The van der Waals surface area contributed by atoms with Crippen LogP contribution in [0.2, 0.25) is 0 Å². The molecule has 1 aliphatic rings. The number of piperidine rings is 1. The van der Waals surface area contributed by atoms with Crippen molar-refractivity contribution in [3.63, 3.8) is 0 Å². The van der Waals surface area contributed by atoms with Crippen LogP contribution < -0.4 is 0 Å². The van der Waals surface area contributed by atoms with E-state index in [1.807, 2.05) is 0 Å². The number of aliphatic hydroxyl groups excluding tert-OH is 1. The molecule has 0 saturated carbocycles. The molecule has 0 unspecified atom stereocenters. The third kappa shape index (κ3) is 4.00. The third-order valence-corrected chi connectivity index (χ3v) is 3.92. The number of hydrogen-bond donors (Lipinski definition) is 1. The fraction of sp³-hybridized carbons (Fsp3) is 0.714. The molecule has 1 aliphatic heterocycles. The number of halogens is 3. The Morgan fingerprint density at radius 3 is 2.59 bits per heavy atom. The molecule has 1 saturated heterocycles. The van der Waals surface area contributed by atoms with Gasteiger partial charge in [0.15, 0.2) is 5.69 Å². The summed E-state index contributed by atoms with van der Waals surface area (Å²) in [4.78, 5) is 13.8. The van der Waals surface area contributed by atoms with Gasteiger partial charge in [-0.1, -0.05) is 6.92 Å². The lowest BCUT2D eigenvalue weighted by molar-refractivity contribution is -0.142. The first-order valence-corrected chi connectivity index (χ1v) is 7.33. The van der Waals surface area contributed by atoms with E-state index in [2.05, 4.69) is 12.0 Å². The molecule has 0 spiro atoms. The summed E-state index contributed by atoms with van der Waals surface area (Å²) >= 11 is 0. The summed E-state index contributed by atoms with van der Waals surface area (Å²) in [5, 5.41) is 12.3. The average molecular weight is 319 g/mol. The number of aromatic nitrogens is 2. The monoisotopic (exact) mass is 319 g/mol. The number of nitrogens with zero attached hydrogens (tertiary/aromatic N) is 3. The number of alkyl halides is 3. The molecular formula is C14H20F3N3O2. The van der Waals surface area contributed by atoms with Gasteiger partial charge in [0, 0.05) is 31.5 Å². The van der Waals surface area contributed by atoms with Gasteiger partial charge in [-0.15, -0.1) is 0 Å². The molecule has 0 radical (unpaired) electrons. The second-order valence-corrected chi connectivity index (χ2v) is 5.74. The normalized spacial score (nSPS) is 17.0. The molecule has 0 aromatic carbocycles. The van der Waals surface area contributed by atoms with E-state index in [9.17, 15) is 18.0 Å². The van der Waals surface area contributed by atoms with Crippen LogP contribution in [0.15, 0.2) is 6.20 Å². The Morgan fingerprint density at radius 2 is 2.05 bits per heavy atom. The summed E-state index contributed by atoms with van der Waals surface area (Å²) in [6, 6.07) is 0. The second-order valence-electron chi connectivity index (χ2n) is 5.74. The van der Waals surface area contributed by atoms with Gasteiger partial charge in [-0.2, -0.15) is 18.3 Å². The van der Waals surface area contributed by atoms with E-state index in [0.29, 0.717) is 19.0 Å². The molecular weight excluding hydrogens is 299 g/mol. The van der Waals surface area contributed by atoms with Crippen molar-refractivity contribution in [3.05, 3.63) is 17.5 Å². The standard InChI is InChI=1S/C14H20F3N3O2/c1-10-2-5-19(6-3-10)12(22)9-20-8-11(4-7-21)13(18-20)14(15,16)17/h8,10,21H,2-7,9H2,1H3. The molecule has 22 heavy (non-hydrogen) atoms. The van der Waals surface area contributed by atoms with E-state index in [1.165, 1.54) is 6.20 Å². The minimum Gasteiger partial charge on any atom is -0.396 e. The molecule has 1 amide bonds. The first kappa shape index (κ1) is 16.8. The Hall–Kier alpha value is -1.57. The lowest BCUT2D eigenvalue weighted by atomic mass is 9.99. The van der Waals surface area contributed by atoms with E-state index in [-0.39, 0.29) is 24.4 Å². The summed E-state index contributed by atoms with van der Waals surface area (Å²) in [5.74, 6) is 0.348. The molecule has 0 atom stereocenters. The maximum Gasteiger partial charge on any atom is 0.435 e. The first-order chi connectivity index (χ1) is 10.3. The zero-order valence-electron chi connectivity index (χ0n) is 12.4. The SMILES string of the molecule is CC1CCN(C(=O)Cn2cc(CCO)c(C(F)(F)F)n2)CC1. The van der Waals surface area contributed by atoms with Gasteiger partial charge in [-0.25, -0.2) is 0 Å². The third-order valence-electron chi connectivity index (χ3n) is 3.92. The fourth-order valence-electron chi connectivity index (χ4n) is 2.58. The quantitative estimate of drug-likeness (QED) is 0.919. The average Bonchev–Trinajstić information content (AvgIpc) is 2.82. The van der Waals surface area contributed by atoms with Crippen LogP contribution in [0.5, 0.6) is 0 Å². The lowest BCUT2D eigenvalue weighted by Crippen LogP contribution is -2.39. The van der Waals surface area contributed by atoms with Gasteiger partial charge in [0.05, 0.1) is 0 Å². The van der Waals surface area contributed by atoms with E-state index in [0.717, 1.165) is 17.5 Å². The number of amides is 1. The van der Waals surface area contributed by atoms with E-state index in [4.69, 9.17) is 5.11 Å². The van der Waals surface area contributed by atoms with Crippen molar-refractivity contribution in [1.29, 1.82) is 0 Å². The van der Waals surface area contributed by atoms with Crippen molar-refractivity contribution in [2.45, 2.75) is 38.9 Å². The Balaban J connectivity index is 2.07. The number of rotatable bonds is 4. The molecule has 5 nitrogen and oxygen atoms in total. The van der Waals surface area contributed by atoms with Crippen molar-refractivity contribution in [3.8, 4) is 0 Å². The predicted octanol–water partition coefficient (Wildman–Crippen LogP) is 1.70. The van der Waals surface area contributed by atoms with Crippen LogP contribution in [0, 0.1) is 5.92 Å². The van der Waals surface area contributed by atoms with Crippen molar-refractivity contribution < 1.29 is 23.1 Å². The molecule has 8 heteroatoms. The number of carbonyl (C=O) groups excluding carboxylic acids is 1. The molecule has 2 heterocycles. The first-order valence-electron chi connectivity index (χ1n) is 7.33. The van der Waals surface area contributed by atoms with Crippen molar-refractivity contribution in [1.82, 2.24) is 14.7 Å². The lowest BCUT2D eigenvalue weighted by Gasteiger charge is -2.30. The number of aliphatic hydroxyl groups is 1. The van der Waals surface area contributed by atoms with Crippen LogP contribution in [-0.2, 0) is 23.9 Å². The highest BCUT2D eigenvalue weighted by Crippen LogP contribution is 2.31. The topological polar surface area (TPSA) is 58.4 Å². The largest absolute Gasteiger partial charge is 0.435 e. The second kappa shape index (κ2) is 6.68. The molecule has 1 fully saturated rings. The smallest absolute Gasteiger partial charge is 0.396 e. The Kier molecular flexibility index (Phi) is 5.10. The van der Waals surface area contributed by atoms with E-state index >= 15 is 0 Å². The van der Waals surface area contributed by atoms with Crippen LogP contribution in [0.1, 0.15) is 31.0 Å². The fourth-order valence-corrected chi connectivity index (χ4v) is 2.58. The Morgan fingerprint density at radius 1 is 1.41 bits per heavy atom. The summed E-state index contributed by atoms with van der Waals surface area (Å²) in [6.07, 6.45) is -1.70. The Labute approximate surface area is 126 Å². The van der Waals surface area contributed by atoms with Crippen LogP contribution >= 0.6 is 0 Å². The van der Waals surface area contributed by atoms with Gasteiger partial charge >= 0.3 is 6.18 Å². The molecule has 1 aromatic heterocycles. The van der Waals surface area contributed by atoms with Gasteiger partial charge in [-0.3, -0.25) is 9.48 Å².